The number of hydrogen-bond donors (Lipinski definition) is 0. The van der Waals surface area contributed by atoms with Crippen LogP contribution in [0.25, 0.3) is 10.8 Å². The Labute approximate surface area is 144 Å². The Morgan fingerprint density at radius 1 is 1.25 bits per heavy atom. The van der Waals surface area contributed by atoms with Crippen LogP contribution in [0, 0.1) is 5.82 Å². The van der Waals surface area contributed by atoms with Gasteiger partial charge in [0.05, 0.1) is 10.6 Å². The highest BCUT2D eigenvalue weighted by molar-refractivity contribution is 7.13. The first-order valence-corrected chi connectivity index (χ1v) is 9.13. The zero-order valence-corrected chi connectivity index (χ0v) is 14.1. The number of aromatic nitrogens is 1. The number of oxazole rings is 1. The van der Waals surface area contributed by atoms with Crippen molar-refractivity contribution < 1.29 is 8.81 Å². The summed E-state index contributed by atoms with van der Waals surface area (Å²) in [5, 5.41) is 2.03. The lowest BCUT2D eigenvalue weighted by Gasteiger charge is -2.23. The third kappa shape index (κ3) is 3.42. The number of benzene rings is 1. The second-order valence-electron chi connectivity index (χ2n) is 6.22. The first kappa shape index (κ1) is 15.5. The van der Waals surface area contributed by atoms with Gasteiger partial charge in [-0.3, -0.25) is 4.90 Å². The molecule has 1 fully saturated rings. The Morgan fingerprint density at radius 2 is 2.12 bits per heavy atom. The number of rotatable bonds is 5. The predicted octanol–water partition coefficient (Wildman–Crippen LogP) is 4.75. The molecule has 1 atom stereocenters. The SMILES string of the molecule is Fc1ccc(CC2CCCN2Cc2coc(-c3cccs3)n2)cc1. The van der Waals surface area contributed by atoms with E-state index in [0.29, 0.717) is 11.9 Å². The molecule has 24 heavy (non-hydrogen) atoms. The van der Waals surface area contributed by atoms with Crippen LogP contribution in [-0.2, 0) is 13.0 Å². The van der Waals surface area contributed by atoms with Crippen molar-refractivity contribution >= 4 is 11.3 Å². The average molecular weight is 342 g/mol. The summed E-state index contributed by atoms with van der Waals surface area (Å²) in [6, 6.07) is 11.4. The number of nitrogens with zero attached hydrogens (tertiary/aromatic N) is 2. The van der Waals surface area contributed by atoms with Gasteiger partial charge in [0.25, 0.3) is 0 Å². The van der Waals surface area contributed by atoms with Crippen LogP contribution in [-0.4, -0.2) is 22.5 Å². The molecule has 0 amide bonds. The molecule has 4 rings (SSSR count). The minimum absolute atomic E-state index is 0.175. The van der Waals surface area contributed by atoms with Crippen LogP contribution in [0.4, 0.5) is 4.39 Å². The molecule has 0 aliphatic carbocycles. The predicted molar refractivity (Wildman–Crippen MR) is 93.4 cm³/mol. The lowest BCUT2D eigenvalue weighted by atomic mass is 10.0. The first-order valence-electron chi connectivity index (χ1n) is 8.25. The van der Waals surface area contributed by atoms with Crippen LogP contribution < -0.4 is 0 Å². The van der Waals surface area contributed by atoms with Crippen molar-refractivity contribution in [1.82, 2.24) is 9.88 Å². The topological polar surface area (TPSA) is 29.3 Å². The van der Waals surface area contributed by atoms with Crippen LogP contribution in [0.5, 0.6) is 0 Å². The fraction of sp³-hybridized carbons (Fsp3) is 0.316. The molecule has 3 nitrogen and oxygen atoms in total. The Kier molecular flexibility index (Phi) is 4.45. The van der Waals surface area contributed by atoms with Gasteiger partial charge in [-0.1, -0.05) is 18.2 Å². The zero-order chi connectivity index (χ0) is 16.4. The second-order valence-corrected chi connectivity index (χ2v) is 7.17. The van der Waals surface area contributed by atoms with E-state index in [1.807, 2.05) is 29.6 Å². The van der Waals surface area contributed by atoms with Gasteiger partial charge in [-0.05, 0) is 54.9 Å². The Balaban J connectivity index is 1.42. The Morgan fingerprint density at radius 3 is 2.92 bits per heavy atom. The smallest absolute Gasteiger partial charge is 0.236 e. The van der Waals surface area contributed by atoms with Crippen LogP contribution in [0.3, 0.4) is 0 Å². The number of hydrogen-bond acceptors (Lipinski definition) is 4. The average Bonchev–Trinajstić information content (AvgIpc) is 3.32. The fourth-order valence-electron chi connectivity index (χ4n) is 3.33. The van der Waals surface area contributed by atoms with Crippen LogP contribution in [0.15, 0.2) is 52.5 Å². The highest BCUT2D eigenvalue weighted by atomic mass is 32.1. The van der Waals surface area contributed by atoms with Crippen molar-refractivity contribution in [3.63, 3.8) is 0 Å². The minimum atomic E-state index is -0.175. The van der Waals surface area contributed by atoms with Crippen LogP contribution >= 0.6 is 11.3 Å². The lowest BCUT2D eigenvalue weighted by Crippen LogP contribution is -2.30. The van der Waals surface area contributed by atoms with Crippen molar-refractivity contribution in [3.05, 3.63) is 65.1 Å². The molecule has 1 aliphatic rings. The summed E-state index contributed by atoms with van der Waals surface area (Å²) in [5.41, 5.74) is 2.16. The Bertz CT molecular complexity index is 782. The molecule has 5 heteroatoms. The fourth-order valence-corrected chi connectivity index (χ4v) is 3.98. The summed E-state index contributed by atoms with van der Waals surface area (Å²) in [6.07, 6.45) is 5.09. The molecule has 0 N–H and O–H groups in total. The van der Waals surface area contributed by atoms with E-state index in [0.717, 1.165) is 30.1 Å². The molecule has 0 saturated carbocycles. The minimum Gasteiger partial charge on any atom is -0.444 e. The molecule has 2 aromatic heterocycles. The van der Waals surface area contributed by atoms with Gasteiger partial charge >= 0.3 is 0 Å². The molecule has 0 spiro atoms. The molecule has 1 saturated heterocycles. The van der Waals surface area contributed by atoms with Gasteiger partial charge < -0.3 is 4.42 Å². The van der Waals surface area contributed by atoms with Crippen molar-refractivity contribution in [2.45, 2.75) is 31.8 Å². The first-order chi connectivity index (χ1) is 11.8. The maximum absolute atomic E-state index is 13.1. The van der Waals surface area contributed by atoms with Gasteiger partial charge in [-0.2, -0.15) is 0 Å². The van der Waals surface area contributed by atoms with E-state index in [9.17, 15) is 4.39 Å². The lowest BCUT2D eigenvalue weighted by molar-refractivity contribution is 0.241. The summed E-state index contributed by atoms with van der Waals surface area (Å²) >= 11 is 1.64. The molecule has 0 bridgehead atoms. The third-order valence-electron chi connectivity index (χ3n) is 4.53. The standard InChI is InChI=1S/C19H19FN2OS/c20-15-7-5-14(6-8-15)11-17-3-1-9-22(17)12-16-13-23-19(21-16)18-4-2-10-24-18/h2,4-8,10,13,17H,1,3,9,11-12H2. The van der Waals surface area contributed by atoms with Gasteiger partial charge in [0, 0.05) is 12.6 Å². The maximum atomic E-state index is 13.1. The molecule has 1 aliphatic heterocycles. The second kappa shape index (κ2) is 6.87. The highest BCUT2D eigenvalue weighted by Crippen LogP contribution is 2.26. The van der Waals surface area contributed by atoms with E-state index in [-0.39, 0.29) is 5.82 Å². The van der Waals surface area contributed by atoms with Gasteiger partial charge in [0.15, 0.2) is 0 Å². The largest absolute Gasteiger partial charge is 0.444 e. The summed E-state index contributed by atoms with van der Waals surface area (Å²) < 4.78 is 18.7. The van der Waals surface area contributed by atoms with E-state index in [4.69, 9.17) is 4.42 Å². The number of thiophene rings is 1. The zero-order valence-electron chi connectivity index (χ0n) is 13.3. The maximum Gasteiger partial charge on any atom is 0.236 e. The van der Waals surface area contributed by atoms with Gasteiger partial charge in [-0.25, -0.2) is 9.37 Å². The van der Waals surface area contributed by atoms with Crippen molar-refractivity contribution in [3.8, 4) is 10.8 Å². The molecule has 0 radical (unpaired) electrons. The highest BCUT2D eigenvalue weighted by Gasteiger charge is 2.25. The van der Waals surface area contributed by atoms with E-state index < -0.39 is 0 Å². The van der Waals surface area contributed by atoms with Crippen molar-refractivity contribution in [1.29, 1.82) is 0 Å². The van der Waals surface area contributed by atoms with Crippen LogP contribution in [0.1, 0.15) is 24.1 Å². The van der Waals surface area contributed by atoms with Gasteiger partial charge in [0.2, 0.25) is 5.89 Å². The molecule has 124 valence electrons. The van der Waals surface area contributed by atoms with Crippen molar-refractivity contribution in [2.24, 2.45) is 0 Å². The van der Waals surface area contributed by atoms with E-state index in [1.54, 1.807) is 29.7 Å². The summed E-state index contributed by atoms with van der Waals surface area (Å²) in [6.45, 7) is 1.88. The molecule has 3 heterocycles. The molecular formula is C19H19FN2OS. The van der Waals surface area contributed by atoms with E-state index in [1.165, 1.54) is 18.4 Å². The molecule has 3 aromatic rings. The summed E-state index contributed by atoms with van der Waals surface area (Å²) in [5.74, 6) is 0.528. The summed E-state index contributed by atoms with van der Waals surface area (Å²) in [4.78, 5) is 8.14. The molecule has 1 aromatic carbocycles. The van der Waals surface area contributed by atoms with Crippen molar-refractivity contribution in [2.75, 3.05) is 6.54 Å². The summed E-state index contributed by atoms with van der Waals surface area (Å²) in [7, 11) is 0. The Hall–Kier alpha value is -1.98. The van der Waals surface area contributed by atoms with Gasteiger partial charge in [-0.15, -0.1) is 11.3 Å². The van der Waals surface area contributed by atoms with Gasteiger partial charge in [0.1, 0.15) is 12.1 Å². The molecule has 1 unspecified atom stereocenters. The molecular weight excluding hydrogens is 323 g/mol. The number of halogens is 1. The monoisotopic (exact) mass is 342 g/mol. The van der Waals surface area contributed by atoms with E-state index in [2.05, 4.69) is 9.88 Å². The van der Waals surface area contributed by atoms with E-state index >= 15 is 0 Å². The number of likely N-dealkylation sites (tertiary alicyclic amines) is 1. The third-order valence-corrected chi connectivity index (χ3v) is 5.39. The normalized spacial score (nSPS) is 18.3. The quantitative estimate of drug-likeness (QED) is 0.670. The van der Waals surface area contributed by atoms with Crippen LogP contribution in [0.2, 0.25) is 0 Å².